The lowest BCUT2D eigenvalue weighted by molar-refractivity contribution is 0.372. The van der Waals surface area contributed by atoms with Gasteiger partial charge in [-0.3, -0.25) is 5.32 Å². The molecule has 0 bridgehead atoms. The van der Waals surface area contributed by atoms with Crippen LogP contribution in [0.25, 0.3) is 0 Å². The number of nitrogens with one attached hydrogen (secondary N) is 1. The molecule has 1 aromatic carbocycles. The molecule has 0 amide bonds. The van der Waals surface area contributed by atoms with Crippen molar-refractivity contribution in [1.29, 1.82) is 5.26 Å². The normalized spacial score (nSPS) is 13.7. The molecular formula is C17H26N2OS. The first kappa shape index (κ1) is 17.9. The van der Waals surface area contributed by atoms with Gasteiger partial charge in [0.2, 0.25) is 0 Å². The fourth-order valence-corrected chi connectivity index (χ4v) is 3.22. The lowest BCUT2D eigenvalue weighted by Gasteiger charge is -2.25. The van der Waals surface area contributed by atoms with Gasteiger partial charge in [0.05, 0.1) is 13.2 Å². The van der Waals surface area contributed by atoms with E-state index in [0.29, 0.717) is 6.04 Å². The molecule has 0 aliphatic rings. The number of rotatable bonds is 9. The Labute approximate surface area is 133 Å². The van der Waals surface area contributed by atoms with Gasteiger partial charge in [0.15, 0.2) is 0 Å². The van der Waals surface area contributed by atoms with E-state index in [-0.39, 0.29) is 0 Å². The largest absolute Gasteiger partial charge is 0.497 e. The number of nitrogens with zero attached hydrogens (tertiary/aromatic N) is 1. The lowest BCUT2D eigenvalue weighted by Crippen LogP contribution is -2.44. The molecule has 1 atom stereocenters. The van der Waals surface area contributed by atoms with Crippen molar-refractivity contribution in [2.75, 3.05) is 12.9 Å². The van der Waals surface area contributed by atoms with Crippen molar-refractivity contribution >= 4 is 11.8 Å². The average Bonchev–Trinajstić information content (AvgIpc) is 2.46. The van der Waals surface area contributed by atoms with Gasteiger partial charge in [-0.2, -0.15) is 5.26 Å². The maximum atomic E-state index is 9.29. The van der Waals surface area contributed by atoms with Gasteiger partial charge in [-0.15, -0.1) is 11.8 Å². The molecule has 0 aromatic heterocycles. The third-order valence-electron chi connectivity index (χ3n) is 3.24. The maximum Gasteiger partial charge on any atom is 0.119 e. The topological polar surface area (TPSA) is 45.0 Å². The van der Waals surface area contributed by atoms with E-state index < -0.39 is 5.54 Å². The van der Waals surface area contributed by atoms with E-state index in [0.717, 1.165) is 30.8 Å². The van der Waals surface area contributed by atoms with Crippen molar-refractivity contribution in [2.24, 2.45) is 0 Å². The maximum absolute atomic E-state index is 9.29. The van der Waals surface area contributed by atoms with Gasteiger partial charge in [-0.25, -0.2) is 0 Å². The molecule has 3 nitrogen and oxygen atoms in total. The van der Waals surface area contributed by atoms with Crippen LogP contribution in [0, 0.1) is 11.3 Å². The molecular weight excluding hydrogens is 280 g/mol. The molecule has 21 heavy (non-hydrogen) atoms. The summed E-state index contributed by atoms with van der Waals surface area (Å²) in [6.45, 7) is 6.14. The van der Waals surface area contributed by atoms with E-state index in [9.17, 15) is 5.26 Å². The summed E-state index contributed by atoms with van der Waals surface area (Å²) in [6, 6.07) is 10.9. The number of thioether (sulfide) groups is 1. The first-order valence-corrected chi connectivity index (χ1v) is 8.43. The predicted octanol–water partition coefficient (Wildman–Crippen LogP) is 4.24. The summed E-state index contributed by atoms with van der Waals surface area (Å²) in [4.78, 5) is 1.23. The molecule has 4 heteroatoms. The van der Waals surface area contributed by atoms with E-state index in [1.165, 1.54) is 4.90 Å². The minimum Gasteiger partial charge on any atom is -0.497 e. The van der Waals surface area contributed by atoms with Crippen LogP contribution in [0.4, 0.5) is 0 Å². The molecule has 1 unspecified atom stereocenters. The lowest BCUT2D eigenvalue weighted by atomic mass is 9.96. The molecule has 0 heterocycles. The van der Waals surface area contributed by atoms with Crippen molar-refractivity contribution in [3.8, 4) is 11.8 Å². The van der Waals surface area contributed by atoms with Gasteiger partial charge in [-0.1, -0.05) is 6.07 Å². The van der Waals surface area contributed by atoms with Crippen molar-refractivity contribution in [3.05, 3.63) is 24.3 Å². The summed E-state index contributed by atoms with van der Waals surface area (Å²) in [6.07, 6.45) is 3.06. The number of benzene rings is 1. The number of methoxy groups -OCH3 is 1. The van der Waals surface area contributed by atoms with Crippen LogP contribution in [0.15, 0.2) is 29.2 Å². The van der Waals surface area contributed by atoms with Crippen molar-refractivity contribution in [3.63, 3.8) is 0 Å². The van der Waals surface area contributed by atoms with E-state index >= 15 is 0 Å². The molecule has 0 aliphatic carbocycles. The summed E-state index contributed by atoms with van der Waals surface area (Å²) in [5, 5.41) is 12.6. The second-order valence-electron chi connectivity index (χ2n) is 5.73. The molecule has 1 rings (SSSR count). The van der Waals surface area contributed by atoms with Gasteiger partial charge < -0.3 is 4.74 Å². The average molecular weight is 306 g/mol. The highest BCUT2D eigenvalue weighted by Crippen LogP contribution is 2.24. The number of hydrogen-bond donors (Lipinski definition) is 1. The van der Waals surface area contributed by atoms with Crippen molar-refractivity contribution < 1.29 is 4.74 Å². The molecule has 1 N–H and O–H groups in total. The molecule has 0 radical (unpaired) electrons. The summed E-state index contributed by atoms with van der Waals surface area (Å²) in [5.74, 6) is 1.97. The van der Waals surface area contributed by atoms with Crippen LogP contribution in [0.2, 0.25) is 0 Å². The number of unbranched alkanes of at least 4 members (excludes halogenated alkanes) is 1. The third kappa shape index (κ3) is 6.88. The molecule has 0 saturated carbocycles. The first-order chi connectivity index (χ1) is 9.99. The second kappa shape index (κ2) is 8.96. The predicted molar refractivity (Wildman–Crippen MR) is 89.9 cm³/mol. The highest BCUT2D eigenvalue weighted by Gasteiger charge is 2.23. The molecule has 1 aromatic rings. The smallest absolute Gasteiger partial charge is 0.119 e. The quantitative estimate of drug-likeness (QED) is 0.547. The minimum atomic E-state index is -0.408. The monoisotopic (exact) mass is 306 g/mol. The molecule has 0 saturated heterocycles. The van der Waals surface area contributed by atoms with E-state index in [1.807, 2.05) is 30.8 Å². The van der Waals surface area contributed by atoms with E-state index in [4.69, 9.17) is 4.74 Å². The van der Waals surface area contributed by atoms with Crippen LogP contribution in [-0.4, -0.2) is 24.4 Å². The standard InChI is InChI=1S/C17H26N2OS/c1-14(2)19-17(3,13-18)10-5-6-11-21-16-9-7-8-15(12-16)20-4/h7-9,12,14,19H,5-6,10-11H2,1-4H3. The Balaban J connectivity index is 2.29. The number of hydrogen-bond acceptors (Lipinski definition) is 4. The first-order valence-electron chi connectivity index (χ1n) is 7.45. The summed E-state index contributed by atoms with van der Waals surface area (Å²) in [5.41, 5.74) is -0.408. The van der Waals surface area contributed by atoms with Gasteiger partial charge >= 0.3 is 0 Å². The van der Waals surface area contributed by atoms with Crippen LogP contribution in [0.5, 0.6) is 5.75 Å². The van der Waals surface area contributed by atoms with Crippen LogP contribution < -0.4 is 10.1 Å². The third-order valence-corrected chi connectivity index (χ3v) is 4.32. The summed E-state index contributed by atoms with van der Waals surface area (Å²) in [7, 11) is 1.69. The Kier molecular flexibility index (Phi) is 7.63. The van der Waals surface area contributed by atoms with Crippen molar-refractivity contribution in [1.82, 2.24) is 5.32 Å². The van der Waals surface area contributed by atoms with Gasteiger partial charge in [-0.05, 0) is 64.0 Å². The summed E-state index contributed by atoms with van der Waals surface area (Å²) >= 11 is 1.84. The Hall–Kier alpha value is -1.18. The van der Waals surface area contributed by atoms with Crippen LogP contribution in [0.3, 0.4) is 0 Å². The molecule has 116 valence electrons. The minimum absolute atomic E-state index is 0.334. The van der Waals surface area contributed by atoms with Gasteiger partial charge in [0.1, 0.15) is 11.3 Å². The highest BCUT2D eigenvalue weighted by molar-refractivity contribution is 7.99. The van der Waals surface area contributed by atoms with Crippen LogP contribution in [-0.2, 0) is 0 Å². The second-order valence-corrected chi connectivity index (χ2v) is 6.90. The van der Waals surface area contributed by atoms with Crippen LogP contribution >= 0.6 is 11.8 Å². The van der Waals surface area contributed by atoms with Gasteiger partial charge in [0.25, 0.3) is 0 Å². The Morgan fingerprint density at radius 2 is 2.14 bits per heavy atom. The fourth-order valence-electron chi connectivity index (χ4n) is 2.26. The number of ether oxygens (including phenoxy) is 1. The Bertz CT molecular complexity index is 470. The molecule has 0 aliphatic heterocycles. The Morgan fingerprint density at radius 1 is 1.38 bits per heavy atom. The number of nitriles is 1. The summed E-state index contributed by atoms with van der Waals surface area (Å²) < 4.78 is 5.22. The SMILES string of the molecule is COc1cccc(SCCCCC(C)(C#N)NC(C)C)c1. The van der Waals surface area contributed by atoms with Crippen LogP contribution in [0.1, 0.15) is 40.0 Å². The molecule has 0 fully saturated rings. The highest BCUT2D eigenvalue weighted by atomic mass is 32.2. The zero-order chi connectivity index (χ0) is 15.7. The zero-order valence-electron chi connectivity index (χ0n) is 13.5. The molecule has 0 spiro atoms. The van der Waals surface area contributed by atoms with E-state index in [2.05, 4.69) is 37.4 Å². The Morgan fingerprint density at radius 3 is 2.76 bits per heavy atom. The zero-order valence-corrected chi connectivity index (χ0v) is 14.3. The van der Waals surface area contributed by atoms with E-state index in [1.54, 1.807) is 7.11 Å². The van der Waals surface area contributed by atoms with Gasteiger partial charge in [0, 0.05) is 10.9 Å². The van der Waals surface area contributed by atoms with Crippen molar-refractivity contribution in [2.45, 2.75) is 56.5 Å². The fraction of sp³-hybridized carbons (Fsp3) is 0.588.